The van der Waals surface area contributed by atoms with Crippen LogP contribution in [0.1, 0.15) is 78.9 Å². The van der Waals surface area contributed by atoms with Gasteiger partial charge in [0.15, 0.2) is 23.0 Å². The molecular weight excluding hydrogens is 576 g/mol. The lowest BCUT2D eigenvalue weighted by Crippen LogP contribution is -2.40. The maximum Gasteiger partial charge on any atom is 0.407 e. The van der Waals surface area contributed by atoms with Crippen LogP contribution in [0.3, 0.4) is 0 Å². The Kier molecular flexibility index (Phi) is 14.0. The van der Waals surface area contributed by atoms with E-state index in [-0.39, 0.29) is 12.0 Å². The molecule has 2 atom stereocenters. The molecule has 0 bridgehead atoms. The zero-order chi connectivity index (χ0) is 33.8. The maximum absolute atomic E-state index is 13.0. The summed E-state index contributed by atoms with van der Waals surface area (Å²) in [5.74, 6) is 3.08. The number of alkyl carbamates (subject to hydrolysis) is 1. The molecule has 0 aliphatic heterocycles. The number of nitrogens with one attached hydrogen (secondary N) is 1. The van der Waals surface area contributed by atoms with Crippen LogP contribution >= 0.6 is 0 Å². The first-order valence-electron chi connectivity index (χ1n) is 15.5. The topological polar surface area (TPSA) is 118 Å². The molecule has 0 aliphatic rings. The van der Waals surface area contributed by atoms with Gasteiger partial charge in [-0.1, -0.05) is 19.9 Å². The molecule has 45 heavy (non-hydrogen) atoms. The van der Waals surface area contributed by atoms with Crippen molar-refractivity contribution in [2.75, 3.05) is 41.7 Å². The number of methoxy groups -OCH3 is 4. The van der Waals surface area contributed by atoms with Crippen LogP contribution in [0.2, 0.25) is 0 Å². The number of rotatable bonds is 17. The summed E-state index contributed by atoms with van der Waals surface area (Å²) in [6.45, 7) is 14.2. The molecule has 1 unspecified atom stereocenters. The number of hydrogen-bond donors (Lipinski definition) is 1. The predicted molar refractivity (Wildman–Crippen MR) is 174 cm³/mol. The minimum atomic E-state index is -0.794. The normalized spacial score (nSPS) is 13.2. The minimum absolute atomic E-state index is 0.00187. The molecular formula is C35H52N2O8. The molecule has 0 saturated carbocycles. The van der Waals surface area contributed by atoms with Crippen LogP contribution in [0.25, 0.3) is 0 Å². The van der Waals surface area contributed by atoms with Crippen LogP contribution < -0.4 is 33.7 Å². The second-order valence-corrected chi connectivity index (χ2v) is 12.0. The second-order valence-electron chi connectivity index (χ2n) is 12.0. The van der Waals surface area contributed by atoms with E-state index >= 15 is 0 Å². The molecule has 0 fully saturated rings. The quantitative estimate of drug-likeness (QED) is 0.193. The molecule has 1 N–H and O–H groups in total. The molecule has 10 heteroatoms. The van der Waals surface area contributed by atoms with Gasteiger partial charge in [0, 0.05) is 11.6 Å². The Hall–Kier alpha value is -4.00. The van der Waals surface area contributed by atoms with Crippen molar-refractivity contribution in [1.29, 1.82) is 5.26 Å². The van der Waals surface area contributed by atoms with Gasteiger partial charge in [-0.05, 0) is 90.0 Å². The van der Waals surface area contributed by atoms with Crippen molar-refractivity contribution in [2.45, 2.75) is 91.2 Å². The number of benzene rings is 2. The fourth-order valence-electron chi connectivity index (χ4n) is 5.47. The Morgan fingerprint density at radius 3 is 2.02 bits per heavy atom. The highest BCUT2D eigenvalue weighted by molar-refractivity contribution is 5.68. The van der Waals surface area contributed by atoms with E-state index in [1.54, 1.807) is 28.4 Å². The summed E-state index contributed by atoms with van der Waals surface area (Å²) in [7, 11) is 6.27. The summed E-state index contributed by atoms with van der Waals surface area (Å²) in [6.07, 6.45) is 1.62. The summed E-state index contributed by atoms with van der Waals surface area (Å²) in [6, 6.07) is 9.76. The van der Waals surface area contributed by atoms with Crippen LogP contribution in [0.4, 0.5) is 4.79 Å². The summed E-state index contributed by atoms with van der Waals surface area (Å²) < 4.78 is 39.9. The lowest BCUT2D eigenvalue weighted by Gasteiger charge is -2.32. The molecule has 0 aromatic heterocycles. The smallest absolute Gasteiger partial charge is 0.407 e. The molecule has 1 amide bonds. The first kappa shape index (κ1) is 37.2. The van der Waals surface area contributed by atoms with Gasteiger partial charge in [0.25, 0.3) is 0 Å². The zero-order valence-electron chi connectivity index (χ0n) is 28.9. The molecule has 0 spiro atoms. The Balaban J connectivity index is 2.51. The lowest BCUT2D eigenvalue weighted by atomic mass is 9.69. The summed E-state index contributed by atoms with van der Waals surface area (Å²) in [4.78, 5) is 13.0. The Bertz CT molecular complexity index is 1300. The highest BCUT2D eigenvalue weighted by Crippen LogP contribution is 2.47. The number of carbonyl (C=O) groups is 1. The summed E-state index contributed by atoms with van der Waals surface area (Å²) >= 11 is 0. The third-order valence-corrected chi connectivity index (χ3v) is 7.62. The molecule has 0 radical (unpaired) electrons. The van der Waals surface area contributed by atoms with Gasteiger partial charge in [-0.3, -0.25) is 0 Å². The number of amides is 1. The number of hydrogen-bond acceptors (Lipinski definition) is 9. The van der Waals surface area contributed by atoms with Gasteiger partial charge in [0.2, 0.25) is 11.5 Å². The maximum atomic E-state index is 13.0. The van der Waals surface area contributed by atoms with E-state index in [0.29, 0.717) is 73.4 Å². The van der Waals surface area contributed by atoms with Crippen molar-refractivity contribution in [3.8, 4) is 40.6 Å². The van der Waals surface area contributed by atoms with Gasteiger partial charge in [-0.2, -0.15) is 5.26 Å². The van der Waals surface area contributed by atoms with Crippen molar-refractivity contribution in [2.24, 2.45) is 5.92 Å². The number of nitriles is 1. The Morgan fingerprint density at radius 1 is 0.867 bits per heavy atom. The van der Waals surface area contributed by atoms with Crippen LogP contribution in [-0.2, 0) is 16.6 Å². The van der Waals surface area contributed by atoms with Crippen molar-refractivity contribution >= 4 is 6.09 Å². The van der Waals surface area contributed by atoms with E-state index in [1.165, 1.54) is 0 Å². The highest BCUT2D eigenvalue weighted by Gasteiger charge is 2.37. The van der Waals surface area contributed by atoms with Crippen molar-refractivity contribution in [3.05, 3.63) is 35.4 Å². The van der Waals surface area contributed by atoms with Crippen LogP contribution in [0.15, 0.2) is 24.3 Å². The SMILES string of the molecule is CCOc1cc(C[C@@H](CCCC(C#N)(c2ccc(OC)c(OC)c2)C(C)C)NC(=O)OC(C)(C)C)c(OCC)c(OC)c1OC. The Morgan fingerprint density at radius 2 is 1.51 bits per heavy atom. The van der Waals surface area contributed by atoms with E-state index in [4.69, 9.17) is 33.2 Å². The van der Waals surface area contributed by atoms with Gasteiger partial charge >= 0.3 is 6.09 Å². The fourth-order valence-corrected chi connectivity index (χ4v) is 5.47. The van der Waals surface area contributed by atoms with Gasteiger partial charge < -0.3 is 38.5 Å². The first-order chi connectivity index (χ1) is 21.3. The van der Waals surface area contributed by atoms with Gasteiger partial charge in [-0.25, -0.2) is 4.79 Å². The molecule has 2 aromatic carbocycles. The van der Waals surface area contributed by atoms with E-state index in [0.717, 1.165) is 11.1 Å². The molecule has 2 aromatic rings. The van der Waals surface area contributed by atoms with E-state index in [1.807, 2.05) is 72.7 Å². The van der Waals surface area contributed by atoms with Crippen molar-refractivity contribution in [1.82, 2.24) is 5.32 Å². The van der Waals surface area contributed by atoms with Crippen molar-refractivity contribution in [3.63, 3.8) is 0 Å². The standard InChI is InChI=1S/C35H52N2O8/c1-12-43-29-20-24(30(44-13-2)32(42-11)31(29)41-10)19-26(37-33(38)45-34(5,6)7)15-14-18-35(22-36,23(3)4)25-16-17-27(39-8)28(21-25)40-9/h16-17,20-21,23,26H,12-15,18-19H2,1-11H3,(H,37,38)/t26-,35?/m1/s1. The number of nitrogens with zero attached hydrogens (tertiary/aromatic N) is 1. The summed E-state index contributed by atoms with van der Waals surface area (Å²) in [5.41, 5.74) is 0.179. The number of carbonyl (C=O) groups excluding carboxylic acids is 1. The molecule has 10 nitrogen and oxygen atoms in total. The third-order valence-electron chi connectivity index (χ3n) is 7.62. The van der Waals surface area contributed by atoms with Crippen LogP contribution in [0.5, 0.6) is 34.5 Å². The monoisotopic (exact) mass is 628 g/mol. The zero-order valence-corrected chi connectivity index (χ0v) is 28.9. The van der Waals surface area contributed by atoms with Crippen molar-refractivity contribution < 1.29 is 38.0 Å². The predicted octanol–water partition coefficient (Wildman–Crippen LogP) is 7.24. The molecule has 0 aliphatic carbocycles. The molecule has 2 rings (SSSR count). The van der Waals surface area contributed by atoms with Gasteiger partial charge in [0.1, 0.15) is 5.60 Å². The summed E-state index contributed by atoms with van der Waals surface area (Å²) in [5, 5.41) is 13.6. The average Bonchev–Trinajstić information content (AvgIpc) is 2.98. The number of ether oxygens (including phenoxy) is 7. The minimum Gasteiger partial charge on any atom is -0.493 e. The molecule has 0 heterocycles. The van der Waals surface area contributed by atoms with Crippen LogP contribution in [0, 0.1) is 17.2 Å². The largest absolute Gasteiger partial charge is 0.493 e. The van der Waals surface area contributed by atoms with E-state index < -0.39 is 17.1 Å². The Labute approximate surface area is 269 Å². The second kappa shape index (κ2) is 16.9. The average molecular weight is 629 g/mol. The first-order valence-corrected chi connectivity index (χ1v) is 15.5. The van der Waals surface area contributed by atoms with Crippen LogP contribution in [-0.4, -0.2) is 59.4 Å². The highest BCUT2D eigenvalue weighted by atomic mass is 16.6. The molecule has 0 saturated heterocycles. The molecule has 250 valence electrons. The van der Waals surface area contributed by atoms with Gasteiger partial charge in [0.05, 0.1) is 53.1 Å². The third kappa shape index (κ3) is 9.49. The fraction of sp³-hybridized carbons (Fsp3) is 0.600. The van der Waals surface area contributed by atoms with E-state index in [2.05, 4.69) is 11.4 Å². The lowest BCUT2D eigenvalue weighted by molar-refractivity contribution is 0.0500. The van der Waals surface area contributed by atoms with E-state index in [9.17, 15) is 10.1 Å². The van der Waals surface area contributed by atoms with Gasteiger partial charge in [-0.15, -0.1) is 0 Å².